The van der Waals surface area contributed by atoms with Gasteiger partial charge in [-0.05, 0) is 29.8 Å². The lowest BCUT2D eigenvalue weighted by Gasteiger charge is -2.20. The van der Waals surface area contributed by atoms with Crippen LogP contribution in [0.3, 0.4) is 0 Å². The second-order valence-corrected chi connectivity index (χ2v) is 8.11. The zero-order valence-electron chi connectivity index (χ0n) is 18.2. The van der Waals surface area contributed by atoms with Crippen LogP contribution in [0.2, 0.25) is 5.02 Å². The minimum atomic E-state index is -0.368. The quantitative estimate of drug-likeness (QED) is 0.555. The summed E-state index contributed by atoms with van der Waals surface area (Å²) in [6, 6.07) is 15.9. The van der Waals surface area contributed by atoms with Crippen molar-refractivity contribution >= 4 is 29.4 Å². The molecule has 0 saturated heterocycles. The lowest BCUT2D eigenvalue weighted by atomic mass is 10.0. The molecule has 1 N–H and O–H groups in total. The summed E-state index contributed by atoms with van der Waals surface area (Å²) in [5.41, 5.74) is 3.68. The van der Waals surface area contributed by atoms with Gasteiger partial charge in [0.25, 0.3) is 11.8 Å². The average molecular weight is 464 g/mol. The van der Waals surface area contributed by atoms with Gasteiger partial charge in [-0.2, -0.15) is 0 Å². The zero-order chi connectivity index (χ0) is 23.5. The number of halogens is 1. The van der Waals surface area contributed by atoms with Gasteiger partial charge in [0.05, 0.1) is 16.1 Å². The van der Waals surface area contributed by atoms with Gasteiger partial charge < -0.3 is 15.0 Å². The van der Waals surface area contributed by atoms with Crippen molar-refractivity contribution in [2.45, 2.75) is 12.5 Å². The molecule has 3 aromatic rings. The molecule has 0 bridgehead atoms. The highest BCUT2D eigenvalue weighted by atomic mass is 35.5. The van der Waals surface area contributed by atoms with Crippen LogP contribution in [-0.2, 0) is 4.74 Å². The Balaban J connectivity index is 1.43. The molecule has 0 fully saturated rings. The summed E-state index contributed by atoms with van der Waals surface area (Å²) in [5.74, 6) is -0.822. The van der Waals surface area contributed by atoms with Gasteiger partial charge >= 0.3 is 5.97 Å². The molecule has 1 unspecified atom stereocenters. The molecule has 2 amide bonds. The largest absolute Gasteiger partial charge is 0.454 e. The number of hydrogen-bond acceptors (Lipinski definition) is 5. The van der Waals surface area contributed by atoms with E-state index in [2.05, 4.69) is 10.3 Å². The van der Waals surface area contributed by atoms with Crippen molar-refractivity contribution in [3.05, 3.63) is 88.2 Å². The molecule has 0 aliphatic carbocycles. The minimum Gasteiger partial charge on any atom is -0.454 e. The molecule has 8 heteroatoms. The Labute approximate surface area is 196 Å². The number of carbonyl (C=O) groups excluding carboxylic acids is 3. The third-order valence-electron chi connectivity index (χ3n) is 5.61. The van der Waals surface area contributed by atoms with Gasteiger partial charge in [-0.1, -0.05) is 41.9 Å². The lowest BCUT2D eigenvalue weighted by Crippen LogP contribution is -2.29. The summed E-state index contributed by atoms with van der Waals surface area (Å²) < 4.78 is 5.45. The van der Waals surface area contributed by atoms with Crippen molar-refractivity contribution in [2.24, 2.45) is 0 Å². The van der Waals surface area contributed by atoms with Gasteiger partial charge in [0.2, 0.25) is 0 Å². The van der Waals surface area contributed by atoms with Crippen LogP contribution in [0.25, 0.3) is 11.1 Å². The smallest absolute Gasteiger partial charge is 0.339 e. The molecule has 1 atom stereocenters. The van der Waals surface area contributed by atoms with Crippen molar-refractivity contribution in [1.82, 2.24) is 15.2 Å². The molecule has 168 valence electrons. The highest BCUT2D eigenvalue weighted by molar-refractivity contribution is 6.34. The second kappa shape index (κ2) is 9.42. The van der Waals surface area contributed by atoms with E-state index in [0.717, 1.165) is 16.7 Å². The Morgan fingerprint density at radius 1 is 1.12 bits per heavy atom. The monoisotopic (exact) mass is 463 g/mol. The molecular formula is C25H22ClN3O4. The van der Waals surface area contributed by atoms with Crippen molar-refractivity contribution < 1.29 is 19.1 Å². The lowest BCUT2D eigenvalue weighted by molar-refractivity contribution is 0.0349. The number of ether oxygens (including phenoxy) is 1. The first-order valence-electron chi connectivity index (χ1n) is 10.4. The second-order valence-electron chi connectivity index (χ2n) is 7.70. The predicted molar refractivity (Wildman–Crippen MR) is 124 cm³/mol. The van der Waals surface area contributed by atoms with Gasteiger partial charge in [0.15, 0.2) is 0 Å². The molecule has 2 aromatic carbocycles. The fraction of sp³-hybridized carbons (Fsp3) is 0.200. The molecule has 2 heterocycles. The molecule has 0 radical (unpaired) electrons. The number of aromatic nitrogens is 1. The molecule has 0 saturated carbocycles. The molecule has 1 aromatic heterocycles. The van der Waals surface area contributed by atoms with E-state index in [1.807, 2.05) is 12.1 Å². The number of benzene rings is 2. The molecule has 33 heavy (non-hydrogen) atoms. The number of esters is 1. The first kappa shape index (κ1) is 22.5. The molecular weight excluding hydrogens is 442 g/mol. The highest BCUT2D eigenvalue weighted by Crippen LogP contribution is 2.33. The molecule has 1 aliphatic rings. The maximum atomic E-state index is 13.0. The summed E-state index contributed by atoms with van der Waals surface area (Å²) in [4.78, 5) is 42.3. The summed E-state index contributed by atoms with van der Waals surface area (Å²) >= 11 is 6.43. The van der Waals surface area contributed by atoms with Gasteiger partial charge in [0, 0.05) is 44.4 Å². The first-order chi connectivity index (χ1) is 15.9. The first-order valence-corrected chi connectivity index (χ1v) is 10.8. The van der Waals surface area contributed by atoms with E-state index in [4.69, 9.17) is 16.3 Å². The number of nitrogens with zero attached hydrogens (tertiary/aromatic N) is 2. The van der Waals surface area contributed by atoms with Crippen molar-refractivity contribution in [3.8, 4) is 11.1 Å². The Bertz CT molecular complexity index is 1230. The number of nitrogens with one attached hydrogen (secondary N) is 1. The van der Waals surface area contributed by atoms with Crippen LogP contribution in [0.15, 0.2) is 60.8 Å². The number of fused-ring (bicyclic) bond motifs is 1. The average Bonchev–Trinajstić information content (AvgIpc) is 3.17. The summed E-state index contributed by atoms with van der Waals surface area (Å²) in [7, 11) is 3.24. The van der Waals surface area contributed by atoms with Gasteiger partial charge in [0.1, 0.15) is 11.8 Å². The Morgan fingerprint density at radius 3 is 2.58 bits per heavy atom. The fourth-order valence-electron chi connectivity index (χ4n) is 3.75. The van der Waals surface area contributed by atoms with E-state index in [9.17, 15) is 14.4 Å². The zero-order valence-corrected chi connectivity index (χ0v) is 18.9. The third-order valence-corrected chi connectivity index (χ3v) is 5.92. The predicted octanol–water partition coefficient (Wildman–Crippen LogP) is 4.14. The van der Waals surface area contributed by atoms with Crippen molar-refractivity contribution in [1.29, 1.82) is 0 Å². The number of hydrogen-bond donors (Lipinski definition) is 1. The fourth-order valence-corrected chi connectivity index (χ4v) is 4.01. The van der Waals surface area contributed by atoms with Crippen LogP contribution in [0.5, 0.6) is 0 Å². The standard InChI is InChI=1S/C25H22ClN3O4/c1-27-23(30)21-10-8-16(14-28-21)15-7-9-19(20(26)13-15)24(31)29(2)12-11-22-17-5-3-4-6-18(17)25(32)33-22/h3-10,13-14,22H,11-12H2,1-2H3,(H,27,30). The number of amides is 2. The van der Waals surface area contributed by atoms with Crippen molar-refractivity contribution in [3.63, 3.8) is 0 Å². The van der Waals surface area contributed by atoms with Gasteiger partial charge in [-0.25, -0.2) is 4.79 Å². The van der Waals surface area contributed by atoms with Gasteiger partial charge in [-0.15, -0.1) is 0 Å². The van der Waals surface area contributed by atoms with E-state index in [-0.39, 0.29) is 23.9 Å². The van der Waals surface area contributed by atoms with E-state index in [1.165, 1.54) is 0 Å². The number of cyclic esters (lactones) is 1. The molecule has 0 spiro atoms. The minimum absolute atomic E-state index is 0.225. The van der Waals surface area contributed by atoms with E-state index in [0.29, 0.717) is 34.8 Å². The van der Waals surface area contributed by atoms with Crippen LogP contribution in [0, 0.1) is 0 Å². The Morgan fingerprint density at radius 2 is 1.88 bits per heavy atom. The van der Waals surface area contributed by atoms with Crippen LogP contribution in [0.1, 0.15) is 49.3 Å². The Hall–Kier alpha value is -3.71. The third kappa shape index (κ3) is 4.59. The van der Waals surface area contributed by atoms with Crippen LogP contribution in [0.4, 0.5) is 0 Å². The normalized spacial score (nSPS) is 14.4. The molecule has 1 aliphatic heterocycles. The highest BCUT2D eigenvalue weighted by Gasteiger charge is 2.30. The maximum absolute atomic E-state index is 13.0. The van der Waals surface area contributed by atoms with Crippen LogP contribution < -0.4 is 5.32 Å². The SMILES string of the molecule is CNC(=O)c1ccc(-c2ccc(C(=O)N(C)CCC3OC(=O)c4ccccc43)c(Cl)c2)cn1. The summed E-state index contributed by atoms with van der Waals surface area (Å²) in [5, 5.41) is 2.84. The number of pyridine rings is 1. The summed E-state index contributed by atoms with van der Waals surface area (Å²) in [6.45, 7) is 0.397. The van der Waals surface area contributed by atoms with Crippen LogP contribution in [-0.4, -0.2) is 48.3 Å². The number of rotatable bonds is 6. The van der Waals surface area contributed by atoms with Crippen molar-refractivity contribution in [2.75, 3.05) is 20.6 Å². The van der Waals surface area contributed by atoms with Gasteiger partial charge in [-0.3, -0.25) is 14.6 Å². The summed E-state index contributed by atoms with van der Waals surface area (Å²) in [6.07, 6.45) is 1.71. The maximum Gasteiger partial charge on any atom is 0.339 e. The van der Waals surface area contributed by atoms with E-state index in [1.54, 1.807) is 67.7 Å². The van der Waals surface area contributed by atoms with Crippen LogP contribution >= 0.6 is 11.6 Å². The topological polar surface area (TPSA) is 88.6 Å². The Kier molecular flexibility index (Phi) is 6.42. The molecule has 4 rings (SSSR count). The molecule has 7 nitrogen and oxygen atoms in total. The van der Waals surface area contributed by atoms with E-state index >= 15 is 0 Å². The number of carbonyl (C=O) groups is 3. The van der Waals surface area contributed by atoms with E-state index < -0.39 is 0 Å².